The van der Waals surface area contributed by atoms with Crippen molar-refractivity contribution >= 4 is 51.7 Å². The maximum absolute atomic E-state index is 13.6. The number of aromatic nitrogens is 2. The molecule has 1 atom stereocenters. The van der Waals surface area contributed by atoms with E-state index in [1.807, 2.05) is 32.9 Å². The molecular weight excluding hydrogens is 442 g/mol. The molecule has 7 nitrogen and oxygen atoms in total. The number of thiocarbonyl (C=S) groups is 1. The standard InChI is InChI=1S/C23H29N5O2S2/c1-5-16(4)28-22(30)18(32-23(28)31)14-17-20(26-12-10-25(6-2)11-13-26)24-19-15(3)8-7-9-27(19)21(17)29/h7-9,14,16H,5-6,10-13H2,1-4H3/b18-14+/t16-/m0/s1. The third-order valence-corrected chi connectivity index (χ3v) is 7.64. The van der Waals surface area contributed by atoms with E-state index in [1.54, 1.807) is 21.6 Å². The Kier molecular flexibility index (Phi) is 6.69. The van der Waals surface area contributed by atoms with Gasteiger partial charge < -0.3 is 9.80 Å². The van der Waals surface area contributed by atoms with Gasteiger partial charge in [0, 0.05) is 38.4 Å². The number of hydrogen-bond donors (Lipinski definition) is 0. The molecule has 2 fully saturated rings. The van der Waals surface area contributed by atoms with Gasteiger partial charge in [0.25, 0.3) is 11.5 Å². The van der Waals surface area contributed by atoms with Crippen molar-refractivity contribution in [3.05, 3.63) is 44.7 Å². The molecule has 2 aromatic rings. The number of nitrogens with zero attached hydrogens (tertiary/aromatic N) is 5. The Morgan fingerprint density at radius 2 is 1.94 bits per heavy atom. The monoisotopic (exact) mass is 471 g/mol. The quantitative estimate of drug-likeness (QED) is 0.490. The molecule has 170 valence electrons. The number of hydrogen-bond acceptors (Lipinski definition) is 7. The van der Waals surface area contributed by atoms with Crippen LogP contribution in [0, 0.1) is 6.92 Å². The van der Waals surface area contributed by atoms with Gasteiger partial charge in [-0.1, -0.05) is 43.9 Å². The van der Waals surface area contributed by atoms with Crippen LogP contribution < -0.4 is 10.5 Å². The zero-order valence-corrected chi connectivity index (χ0v) is 20.6. The van der Waals surface area contributed by atoms with E-state index in [9.17, 15) is 9.59 Å². The summed E-state index contributed by atoms with van der Waals surface area (Å²) in [5.41, 5.74) is 1.87. The summed E-state index contributed by atoms with van der Waals surface area (Å²) >= 11 is 6.74. The van der Waals surface area contributed by atoms with Crippen LogP contribution in [0.5, 0.6) is 0 Å². The number of piperazine rings is 1. The smallest absolute Gasteiger partial charge is 0.267 e. The Labute approximate surface area is 198 Å². The first-order valence-electron chi connectivity index (χ1n) is 11.1. The predicted octanol–water partition coefficient (Wildman–Crippen LogP) is 3.14. The second-order valence-electron chi connectivity index (χ2n) is 8.27. The summed E-state index contributed by atoms with van der Waals surface area (Å²) in [6.07, 6.45) is 4.25. The Morgan fingerprint density at radius 1 is 1.22 bits per heavy atom. The summed E-state index contributed by atoms with van der Waals surface area (Å²) in [4.78, 5) is 38.3. The van der Waals surface area contributed by atoms with E-state index in [0.29, 0.717) is 26.3 Å². The number of anilines is 1. The van der Waals surface area contributed by atoms with E-state index in [0.717, 1.165) is 44.7 Å². The lowest BCUT2D eigenvalue weighted by Gasteiger charge is -2.35. The number of fused-ring (bicyclic) bond motifs is 1. The van der Waals surface area contributed by atoms with E-state index < -0.39 is 0 Å². The number of aryl methyl sites for hydroxylation is 1. The Morgan fingerprint density at radius 3 is 2.59 bits per heavy atom. The molecule has 4 rings (SSSR count). The van der Waals surface area contributed by atoms with Gasteiger partial charge in [-0.2, -0.15) is 0 Å². The first kappa shape index (κ1) is 22.9. The van der Waals surface area contributed by atoms with Crippen LogP contribution in [0.4, 0.5) is 5.82 Å². The molecule has 2 aromatic heterocycles. The highest BCUT2D eigenvalue weighted by Gasteiger charge is 2.35. The minimum Gasteiger partial charge on any atom is -0.353 e. The third kappa shape index (κ3) is 4.09. The number of carbonyl (C=O) groups is 1. The Balaban J connectivity index is 1.84. The lowest BCUT2D eigenvalue weighted by molar-refractivity contribution is -0.123. The van der Waals surface area contributed by atoms with Gasteiger partial charge in [0.15, 0.2) is 0 Å². The average molecular weight is 472 g/mol. The lowest BCUT2D eigenvalue weighted by atomic mass is 10.2. The lowest BCUT2D eigenvalue weighted by Crippen LogP contribution is -2.47. The van der Waals surface area contributed by atoms with Crippen LogP contribution in [0.15, 0.2) is 28.0 Å². The fourth-order valence-corrected chi connectivity index (χ4v) is 5.56. The van der Waals surface area contributed by atoms with Gasteiger partial charge in [-0.3, -0.25) is 18.9 Å². The van der Waals surface area contributed by atoms with Gasteiger partial charge in [0.2, 0.25) is 0 Å². The van der Waals surface area contributed by atoms with E-state index in [1.165, 1.54) is 11.8 Å². The fourth-order valence-electron chi connectivity index (χ4n) is 4.12. The summed E-state index contributed by atoms with van der Waals surface area (Å²) in [5, 5.41) is 0. The minimum atomic E-state index is -0.166. The molecule has 9 heteroatoms. The van der Waals surface area contributed by atoms with Crippen molar-refractivity contribution in [1.29, 1.82) is 0 Å². The minimum absolute atomic E-state index is 0.0217. The first-order chi connectivity index (χ1) is 15.3. The molecule has 0 aromatic carbocycles. The number of carbonyl (C=O) groups excluding carboxylic acids is 1. The highest BCUT2D eigenvalue weighted by atomic mass is 32.2. The van der Waals surface area contributed by atoms with Crippen LogP contribution in [-0.4, -0.2) is 68.2 Å². The predicted molar refractivity (Wildman–Crippen MR) is 135 cm³/mol. The van der Waals surface area contributed by atoms with Gasteiger partial charge in [-0.25, -0.2) is 4.98 Å². The number of thioether (sulfide) groups is 1. The number of rotatable bonds is 5. The summed E-state index contributed by atoms with van der Waals surface area (Å²) in [5.74, 6) is 0.513. The first-order valence-corrected chi connectivity index (χ1v) is 12.3. The van der Waals surface area contributed by atoms with Gasteiger partial charge in [0.05, 0.1) is 10.5 Å². The molecule has 4 heterocycles. The Bertz CT molecular complexity index is 1150. The topological polar surface area (TPSA) is 61.2 Å². The molecule has 0 spiro atoms. The summed E-state index contributed by atoms with van der Waals surface area (Å²) in [6, 6.07) is 3.82. The number of amides is 1. The zero-order valence-electron chi connectivity index (χ0n) is 19.0. The highest BCUT2D eigenvalue weighted by Crippen LogP contribution is 2.35. The molecular formula is C23H29N5O2S2. The van der Waals surface area contributed by atoms with Gasteiger partial charge in [-0.05, 0) is 44.5 Å². The van der Waals surface area contributed by atoms with Crippen molar-refractivity contribution in [3.63, 3.8) is 0 Å². The average Bonchev–Trinajstić information content (AvgIpc) is 3.08. The Hall–Kier alpha value is -2.23. The largest absolute Gasteiger partial charge is 0.353 e. The molecule has 2 aliphatic heterocycles. The van der Waals surface area contributed by atoms with E-state index >= 15 is 0 Å². The van der Waals surface area contributed by atoms with Crippen LogP contribution in [0.3, 0.4) is 0 Å². The van der Waals surface area contributed by atoms with Crippen molar-refractivity contribution in [3.8, 4) is 0 Å². The number of likely N-dealkylation sites (N-methyl/N-ethyl adjacent to an activating group) is 1. The van der Waals surface area contributed by atoms with Gasteiger partial charge >= 0.3 is 0 Å². The van der Waals surface area contributed by atoms with E-state index in [4.69, 9.17) is 17.2 Å². The van der Waals surface area contributed by atoms with Crippen molar-refractivity contribution in [1.82, 2.24) is 19.2 Å². The third-order valence-electron chi connectivity index (χ3n) is 6.31. The molecule has 2 aliphatic rings. The van der Waals surface area contributed by atoms with E-state index in [2.05, 4.69) is 16.7 Å². The van der Waals surface area contributed by atoms with Crippen LogP contribution >= 0.6 is 24.0 Å². The van der Waals surface area contributed by atoms with Gasteiger partial charge in [0.1, 0.15) is 15.8 Å². The highest BCUT2D eigenvalue weighted by molar-refractivity contribution is 8.26. The second kappa shape index (κ2) is 9.33. The molecule has 0 N–H and O–H groups in total. The summed E-state index contributed by atoms with van der Waals surface area (Å²) < 4.78 is 2.11. The normalized spacial score (nSPS) is 20.1. The van der Waals surface area contributed by atoms with Gasteiger partial charge in [-0.15, -0.1) is 0 Å². The van der Waals surface area contributed by atoms with Crippen LogP contribution in [0.2, 0.25) is 0 Å². The van der Waals surface area contributed by atoms with Crippen LogP contribution in [-0.2, 0) is 4.79 Å². The maximum Gasteiger partial charge on any atom is 0.267 e. The molecule has 0 radical (unpaired) electrons. The van der Waals surface area contributed by atoms with Crippen LogP contribution in [0.1, 0.15) is 38.3 Å². The van der Waals surface area contributed by atoms with E-state index in [-0.39, 0.29) is 17.5 Å². The van der Waals surface area contributed by atoms with Crippen molar-refractivity contribution in [2.45, 2.75) is 40.2 Å². The SMILES string of the molecule is CC[C@H](C)N1C(=O)/C(=C\c2c(N3CCN(CC)CC3)nc3c(C)cccn3c2=O)SC1=S. The molecule has 0 bridgehead atoms. The van der Waals surface area contributed by atoms with Crippen molar-refractivity contribution in [2.75, 3.05) is 37.6 Å². The summed E-state index contributed by atoms with van der Waals surface area (Å²) in [7, 11) is 0. The maximum atomic E-state index is 13.6. The van der Waals surface area contributed by atoms with Crippen molar-refractivity contribution < 1.29 is 4.79 Å². The molecule has 1 amide bonds. The number of pyridine rings is 1. The molecule has 0 unspecified atom stereocenters. The van der Waals surface area contributed by atoms with Crippen LogP contribution in [0.25, 0.3) is 11.7 Å². The zero-order chi connectivity index (χ0) is 23.0. The fraction of sp³-hybridized carbons (Fsp3) is 0.478. The summed E-state index contributed by atoms with van der Waals surface area (Å²) in [6.45, 7) is 12.5. The van der Waals surface area contributed by atoms with Crippen molar-refractivity contribution in [2.24, 2.45) is 0 Å². The molecule has 0 saturated carbocycles. The molecule has 2 saturated heterocycles. The second-order valence-corrected chi connectivity index (χ2v) is 9.95. The molecule has 0 aliphatic carbocycles. The molecule has 32 heavy (non-hydrogen) atoms.